The van der Waals surface area contributed by atoms with Crippen LogP contribution in [-0.4, -0.2) is 60.4 Å². The van der Waals surface area contributed by atoms with Crippen molar-refractivity contribution >= 4 is 23.5 Å². The summed E-state index contributed by atoms with van der Waals surface area (Å²) in [6.45, 7) is 1.41. The van der Waals surface area contributed by atoms with E-state index in [1.807, 2.05) is 12.1 Å². The molecule has 162 valence electrons. The van der Waals surface area contributed by atoms with Gasteiger partial charge in [0, 0.05) is 6.54 Å². The Morgan fingerprint density at radius 3 is 2.23 bits per heavy atom. The lowest BCUT2D eigenvalue weighted by Gasteiger charge is -2.35. The van der Waals surface area contributed by atoms with Crippen LogP contribution in [0.15, 0.2) is 24.3 Å². The first kappa shape index (κ1) is 20.8. The monoisotopic (exact) mass is 412 g/mol. The molecule has 1 atom stereocenters. The minimum Gasteiger partial charge on any atom is -0.367 e. The molecular formula is C23H32N4O3. The van der Waals surface area contributed by atoms with Crippen LogP contribution >= 0.6 is 0 Å². The molecule has 1 aromatic rings. The number of benzene rings is 1. The number of hydrogen-bond acceptors (Lipinski definition) is 4. The van der Waals surface area contributed by atoms with E-state index < -0.39 is 23.4 Å². The second-order valence-corrected chi connectivity index (χ2v) is 9.34. The highest BCUT2D eigenvalue weighted by Gasteiger charge is 2.62. The van der Waals surface area contributed by atoms with Crippen molar-refractivity contribution in [1.82, 2.24) is 9.80 Å². The van der Waals surface area contributed by atoms with Gasteiger partial charge in [-0.15, -0.1) is 0 Å². The number of nitrogens with two attached hydrogens (primary N) is 1. The third kappa shape index (κ3) is 3.11. The predicted molar refractivity (Wildman–Crippen MR) is 115 cm³/mol. The third-order valence-corrected chi connectivity index (χ3v) is 7.35. The van der Waals surface area contributed by atoms with Gasteiger partial charge in [-0.1, -0.05) is 25.0 Å². The lowest BCUT2D eigenvalue weighted by molar-refractivity contribution is -0.139. The molecule has 1 aromatic carbocycles. The first-order valence-corrected chi connectivity index (χ1v) is 11.0. The largest absolute Gasteiger partial charge is 0.367 e. The van der Waals surface area contributed by atoms with Crippen LogP contribution < -0.4 is 10.6 Å². The van der Waals surface area contributed by atoms with E-state index in [1.165, 1.54) is 36.1 Å². The molecule has 2 heterocycles. The van der Waals surface area contributed by atoms with Crippen molar-refractivity contribution in [2.75, 3.05) is 32.1 Å². The SMILES string of the molecule is CN(C)CCC1(c2ccc(N3C(=O)N4CCCC[C@]4(C(N)=O)C3=O)cc2)CCCC1. The summed E-state index contributed by atoms with van der Waals surface area (Å²) in [6.07, 6.45) is 7.67. The molecule has 3 aliphatic rings. The molecule has 0 bridgehead atoms. The number of carbonyl (C=O) groups is 3. The Morgan fingerprint density at radius 1 is 1.03 bits per heavy atom. The smallest absolute Gasteiger partial charge is 0.332 e. The van der Waals surface area contributed by atoms with E-state index in [2.05, 4.69) is 31.1 Å². The Bertz CT molecular complexity index is 845. The highest BCUT2D eigenvalue weighted by Crippen LogP contribution is 2.45. The lowest BCUT2D eigenvalue weighted by Crippen LogP contribution is -2.60. The summed E-state index contributed by atoms with van der Waals surface area (Å²) in [5.41, 5.74) is 6.06. The third-order valence-electron chi connectivity index (χ3n) is 7.35. The Balaban J connectivity index is 1.63. The van der Waals surface area contributed by atoms with Crippen LogP contribution in [-0.2, 0) is 15.0 Å². The number of nitrogens with zero attached hydrogens (tertiary/aromatic N) is 3. The Kier molecular flexibility index (Phi) is 5.34. The van der Waals surface area contributed by atoms with E-state index in [4.69, 9.17) is 5.73 Å². The average molecular weight is 413 g/mol. The molecule has 0 spiro atoms. The normalized spacial score (nSPS) is 25.8. The minimum absolute atomic E-state index is 0.160. The fourth-order valence-corrected chi connectivity index (χ4v) is 5.58. The van der Waals surface area contributed by atoms with Crippen molar-refractivity contribution < 1.29 is 14.4 Å². The summed E-state index contributed by atoms with van der Waals surface area (Å²) in [4.78, 5) is 43.3. The van der Waals surface area contributed by atoms with Crippen molar-refractivity contribution in [3.8, 4) is 0 Å². The molecule has 7 nitrogen and oxygen atoms in total. The van der Waals surface area contributed by atoms with Gasteiger partial charge in [0.15, 0.2) is 0 Å². The quantitative estimate of drug-likeness (QED) is 0.575. The maximum atomic E-state index is 13.3. The van der Waals surface area contributed by atoms with Crippen LogP contribution in [0.1, 0.15) is 56.9 Å². The maximum Gasteiger partial charge on any atom is 0.332 e. The minimum atomic E-state index is -1.52. The van der Waals surface area contributed by atoms with Gasteiger partial charge < -0.3 is 15.5 Å². The number of primary amides is 1. The summed E-state index contributed by atoms with van der Waals surface area (Å²) in [5.74, 6) is -1.23. The maximum absolute atomic E-state index is 13.3. The standard InChI is InChI=1S/C23H32N4O3/c1-25(2)16-14-22(11-3-4-12-22)17-7-9-18(10-8-17)27-20(29)23(19(24)28)13-5-6-15-26(23)21(27)30/h7-10H,3-6,11-16H2,1-2H3,(H2,24,28)/t23-/m0/s1. The highest BCUT2D eigenvalue weighted by atomic mass is 16.2. The topological polar surface area (TPSA) is 86.9 Å². The average Bonchev–Trinajstić information content (AvgIpc) is 3.30. The molecular weight excluding hydrogens is 380 g/mol. The molecule has 4 rings (SSSR count). The van der Waals surface area contributed by atoms with Gasteiger partial charge >= 0.3 is 6.03 Å². The summed E-state index contributed by atoms with van der Waals surface area (Å²) >= 11 is 0. The van der Waals surface area contributed by atoms with Gasteiger partial charge in [-0.3, -0.25) is 9.59 Å². The van der Waals surface area contributed by atoms with Crippen LogP contribution in [0, 0.1) is 0 Å². The predicted octanol–water partition coefficient (Wildman–Crippen LogP) is 2.63. The number of hydrogen-bond donors (Lipinski definition) is 1. The summed E-state index contributed by atoms with van der Waals surface area (Å²) in [6, 6.07) is 7.40. The lowest BCUT2D eigenvalue weighted by atomic mass is 9.76. The molecule has 2 saturated heterocycles. The molecule has 1 aliphatic carbocycles. The van der Waals surface area contributed by atoms with Gasteiger partial charge in [0.25, 0.3) is 11.8 Å². The Hall–Kier alpha value is -2.41. The second kappa shape index (κ2) is 7.69. The first-order valence-electron chi connectivity index (χ1n) is 11.0. The van der Waals surface area contributed by atoms with Crippen molar-refractivity contribution in [3.05, 3.63) is 29.8 Å². The zero-order valence-electron chi connectivity index (χ0n) is 18.0. The van der Waals surface area contributed by atoms with Gasteiger partial charge in [0.1, 0.15) is 0 Å². The van der Waals surface area contributed by atoms with E-state index >= 15 is 0 Å². The number of piperidine rings is 1. The zero-order valence-corrected chi connectivity index (χ0v) is 18.0. The number of urea groups is 1. The number of rotatable bonds is 6. The van der Waals surface area contributed by atoms with Crippen molar-refractivity contribution in [2.45, 2.75) is 62.3 Å². The van der Waals surface area contributed by atoms with Gasteiger partial charge in [-0.05, 0) is 82.3 Å². The number of fused-ring (bicyclic) bond motifs is 1. The van der Waals surface area contributed by atoms with Gasteiger partial charge in [0.05, 0.1) is 5.69 Å². The number of anilines is 1. The highest BCUT2D eigenvalue weighted by molar-refractivity contribution is 6.30. The van der Waals surface area contributed by atoms with Crippen molar-refractivity contribution in [1.29, 1.82) is 0 Å². The van der Waals surface area contributed by atoms with E-state index in [1.54, 1.807) is 0 Å². The molecule has 0 radical (unpaired) electrons. The van der Waals surface area contributed by atoms with Crippen molar-refractivity contribution in [2.24, 2.45) is 5.73 Å². The molecule has 0 aromatic heterocycles. The molecule has 0 unspecified atom stereocenters. The number of imide groups is 1. The molecule has 1 saturated carbocycles. The van der Waals surface area contributed by atoms with Crippen LogP contribution in [0.5, 0.6) is 0 Å². The number of carbonyl (C=O) groups excluding carboxylic acids is 3. The molecule has 7 heteroatoms. The Morgan fingerprint density at radius 2 is 1.67 bits per heavy atom. The summed E-state index contributed by atoms with van der Waals surface area (Å²) < 4.78 is 0. The van der Waals surface area contributed by atoms with Gasteiger partial charge in [-0.2, -0.15) is 0 Å². The second-order valence-electron chi connectivity index (χ2n) is 9.34. The van der Waals surface area contributed by atoms with E-state index in [9.17, 15) is 14.4 Å². The molecule has 3 fully saturated rings. The molecule has 30 heavy (non-hydrogen) atoms. The van der Waals surface area contributed by atoms with E-state index in [-0.39, 0.29) is 5.41 Å². The molecule has 2 aliphatic heterocycles. The van der Waals surface area contributed by atoms with E-state index in [0.29, 0.717) is 25.1 Å². The fraction of sp³-hybridized carbons (Fsp3) is 0.609. The fourth-order valence-electron chi connectivity index (χ4n) is 5.58. The van der Waals surface area contributed by atoms with Gasteiger partial charge in [-0.25, -0.2) is 9.69 Å². The number of amides is 4. The van der Waals surface area contributed by atoms with Gasteiger partial charge in [0.2, 0.25) is 5.54 Å². The Labute approximate surface area is 178 Å². The summed E-state index contributed by atoms with van der Waals surface area (Å²) in [7, 11) is 4.19. The molecule has 2 N–H and O–H groups in total. The van der Waals surface area contributed by atoms with Crippen LogP contribution in [0.4, 0.5) is 10.5 Å². The zero-order chi connectivity index (χ0) is 21.5. The summed E-state index contributed by atoms with van der Waals surface area (Å²) in [5, 5.41) is 0. The van der Waals surface area contributed by atoms with Crippen LogP contribution in [0.2, 0.25) is 0 Å². The van der Waals surface area contributed by atoms with Crippen LogP contribution in [0.25, 0.3) is 0 Å². The van der Waals surface area contributed by atoms with E-state index in [0.717, 1.165) is 24.3 Å². The molecule has 4 amide bonds. The van der Waals surface area contributed by atoms with Crippen LogP contribution in [0.3, 0.4) is 0 Å². The first-order chi connectivity index (χ1) is 14.3. The van der Waals surface area contributed by atoms with Crippen molar-refractivity contribution in [3.63, 3.8) is 0 Å².